The topological polar surface area (TPSA) is 48.4 Å². The highest BCUT2D eigenvalue weighted by molar-refractivity contribution is 6.62. The van der Waals surface area contributed by atoms with E-state index in [0.29, 0.717) is 12.1 Å². The fraction of sp³-hybridized carbons (Fsp3) is 0.600. The third-order valence-electron chi connectivity index (χ3n) is 4.27. The standard InChI is InChI=1S/C15H22BNO3/c1-7-13(18)12-8-10(2)11(9-17-12)16-19-14(3,4)15(5,6)20-16/h8-9H,7H2,1-6H3. The molecule has 0 amide bonds. The average Bonchev–Trinajstić information content (AvgIpc) is 2.57. The summed E-state index contributed by atoms with van der Waals surface area (Å²) >= 11 is 0. The summed E-state index contributed by atoms with van der Waals surface area (Å²) in [4.78, 5) is 15.9. The van der Waals surface area contributed by atoms with Crippen LogP contribution in [0.25, 0.3) is 0 Å². The summed E-state index contributed by atoms with van der Waals surface area (Å²) in [5, 5.41) is 0. The van der Waals surface area contributed by atoms with E-state index in [1.807, 2.05) is 47.6 Å². The van der Waals surface area contributed by atoms with Gasteiger partial charge in [-0.15, -0.1) is 0 Å². The molecule has 20 heavy (non-hydrogen) atoms. The van der Waals surface area contributed by atoms with Gasteiger partial charge in [-0.25, -0.2) is 0 Å². The smallest absolute Gasteiger partial charge is 0.399 e. The van der Waals surface area contributed by atoms with Crippen molar-refractivity contribution in [2.24, 2.45) is 0 Å². The number of carbonyl (C=O) groups is 1. The average molecular weight is 275 g/mol. The number of pyridine rings is 1. The fourth-order valence-corrected chi connectivity index (χ4v) is 2.12. The summed E-state index contributed by atoms with van der Waals surface area (Å²) in [7, 11) is -0.432. The highest BCUT2D eigenvalue weighted by Crippen LogP contribution is 2.36. The van der Waals surface area contributed by atoms with E-state index >= 15 is 0 Å². The van der Waals surface area contributed by atoms with Crippen LogP contribution in [-0.2, 0) is 9.31 Å². The Morgan fingerprint density at radius 3 is 2.25 bits per heavy atom. The van der Waals surface area contributed by atoms with Crippen molar-refractivity contribution >= 4 is 18.4 Å². The van der Waals surface area contributed by atoms with Crippen LogP contribution in [0.3, 0.4) is 0 Å². The third kappa shape index (κ3) is 2.52. The molecular formula is C15H22BNO3. The molecule has 0 saturated carbocycles. The molecule has 0 radical (unpaired) electrons. The van der Waals surface area contributed by atoms with Crippen LogP contribution in [0.4, 0.5) is 0 Å². The van der Waals surface area contributed by atoms with Gasteiger partial charge in [-0.2, -0.15) is 0 Å². The van der Waals surface area contributed by atoms with Gasteiger partial charge in [0.2, 0.25) is 0 Å². The maximum absolute atomic E-state index is 11.7. The zero-order valence-electron chi connectivity index (χ0n) is 13.1. The molecular weight excluding hydrogens is 253 g/mol. The number of nitrogens with zero attached hydrogens (tertiary/aromatic N) is 1. The van der Waals surface area contributed by atoms with Crippen LogP contribution in [0.1, 0.15) is 57.1 Å². The molecule has 0 bridgehead atoms. The summed E-state index contributed by atoms with van der Waals surface area (Å²) in [5.74, 6) is 0.0496. The van der Waals surface area contributed by atoms with Crippen LogP contribution in [-0.4, -0.2) is 29.1 Å². The van der Waals surface area contributed by atoms with Gasteiger partial charge in [-0.1, -0.05) is 6.92 Å². The number of Topliss-reactive ketones (excluding diaryl/α,β-unsaturated/α-hetero) is 1. The minimum absolute atomic E-state index is 0.0496. The SMILES string of the molecule is CCC(=O)c1cc(C)c(B2OC(C)(C)C(C)(C)O2)cn1. The molecule has 0 atom stereocenters. The molecule has 1 aromatic heterocycles. The van der Waals surface area contributed by atoms with E-state index in [1.54, 1.807) is 6.20 Å². The van der Waals surface area contributed by atoms with Crippen molar-refractivity contribution in [2.45, 2.75) is 59.2 Å². The second-order valence-corrected chi connectivity index (χ2v) is 6.29. The maximum atomic E-state index is 11.7. The number of carbonyl (C=O) groups excluding carboxylic acids is 1. The second-order valence-electron chi connectivity index (χ2n) is 6.29. The van der Waals surface area contributed by atoms with E-state index in [2.05, 4.69) is 4.98 Å². The first-order valence-corrected chi connectivity index (χ1v) is 7.03. The monoisotopic (exact) mass is 275 g/mol. The molecule has 0 N–H and O–H groups in total. The lowest BCUT2D eigenvalue weighted by atomic mass is 9.77. The number of aryl methyl sites for hydroxylation is 1. The molecule has 5 heteroatoms. The van der Waals surface area contributed by atoms with E-state index in [9.17, 15) is 4.79 Å². The lowest BCUT2D eigenvalue weighted by molar-refractivity contribution is 0.00578. The lowest BCUT2D eigenvalue weighted by Gasteiger charge is -2.32. The van der Waals surface area contributed by atoms with Crippen molar-refractivity contribution < 1.29 is 14.1 Å². The molecule has 0 aromatic carbocycles. The number of hydrogen-bond donors (Lipinski definition) is 0. The van der Waals surface area contributed by atoms with Gasteiger partial charge in [0.25, 0.3) is 0 Å². The minimum Gasteiger partial charge on any atom is -0.399 e. The van der Waals surface area contributed by atoms with Gasteiger partial charge in [0.15, 0.2) is 5.78 Å². The Bertz CT molecular complexity index is 524. The minimum atomic E-state index is -0.432. The van der Waals surface area contributed by atoms with Crippen molar-refractivity contribution in [3.8, 4) is 0 Å². The van der Waals surface area contributed by atoms with E-state index in [-0.39, 0.29) is 17.0 Å². The van der Waals surface area contributed by atoms with Crippen LogP contribution in [0, 0.1) is 6.92 Å². The van der Waals surface area contributed by atoms with Crippen molar-refractivity contribution in [2.75, 3.05) is 0 Å². The molecule has 1 aliphatic heterocycles. The van der Waals surface area contributed by atoms with Crippen LogP contribution >= 0.6 is 0 Å². The summed E-state index contributed by atoms with van der Waals surface area (Å²) in [6.07, 6.45) is 2.16. The second kappa shape index (κ2) is 4.97. The summed E-state index contributed by atoms with van der Waals surface area (Å²) < 4.78 is 12.0. The molecule has 1 fully saturated rings. The zero-order chi connectivity index (χ0) is 15.1. The Hall–Kier alpha value is -1.20. The van der Waals surface area contributed by atoms with E-state index < -0.39 is 7.12 Å². The molecule has 1 aromatic rings. The molecule has 0 unspecified atom stereocenters. The Morgan fingerprint density at radius 2 is 1.80 bits per heavy atom. The van der Waals surface area contributed by atoms with Crippen molar-refractivity contribution in [3.05, 3.63) is 23.5 Å². The molecule has 108 valence electrons. The molecule has 4 nitrogen and oxygen atoms in total. The fourth-order valence-electron chi connectivity index (χ4n) is 2.12. The Kier molecular flexibility index (Phi) is 3.78. The first kappa shape index (κ1) is 15.2. The highest BCUT2D eigenvalue weighted by Gasteiger charge is 2.52. The lowest BCUT2D eigenvalue weighted by Crippen LogP contribution is -2.41. The molecule has 0 spiro atoms. The van der Waals surface area contributed by atoms with E-state index in [4.69, 9.17) is 9.31 Å². The van der Waals surface area contributed by atoms with Crippen LogP contribution in [0.2, 0.25) is 0 Å². The van der Waals surface area contributed by atoms with Gasteiger partial charge < -0.3 is 9.31 Å². The van der Waals surface area contributed by atoms with Gasteiger partial charge in [0.1, 0.15) is 5.69 Å². The van der Waals surface area contributed by atoms with Crippen LogP contribution in [0.5, 0.6) is 0 Å². The number of hydrogen-bond acceptors (Lipinski definition) is 4. The Labute approximate surface area is 121 Å². The normalized spacial score (nSPS) is 20.2. The van der Waals surface area contributed by atoms with Crippen molar-refractivity contribution in [1.29, 1.82) is 0 Å². The van der Waals surface area contributed by atoms with Gasteiger partial charge in [-0.05, 0) is 46.2 Å². The number of ketones is 1. The molecule has 1 saturated heterocycles. The zero-order valence-corrected chi connectivity index (χ0v) is 13.1. The molecule has 2 heterocycles. The van der Waals surface area contributed by atoms with Crippen molar-refractivity contribution in [3.63, 3.8) is 0 Å². The van der Waals surface area contributed by atoms with E-state index in [0.717, 1.165) is 11.0 Å². The first-order chi connectivity index (χ1) is 9.18. The third-order valence-corrected chi connectivity index (χ3v) is 4.27. The Balaban J connectivity index is 2.30. The maximum Gasteiger partial charge on any atom is 0.496 e. The van der Waals surface area contributed by atoms with Gasteiger partial charge in [0.05, 0.1) is 11.2 Å². The van der Waals surface area contributed by atoms with Crippen LogP contribution < -0.4 is 5.46 Å². The summed E-state index contributed by atoms with van der Waals surface area (Å²) in [6, 6.07) is 1.81. The Morgan fingerprint density at radius 1 is 1.25 bits per heavy atom. The first-order valence-electron chi connectivity index (χ1n) is 7.03. The quantitative estimate of drug-likeness (QED) is 0.627. The van der Waals surface area contributed by atoms with Gasteiger partial charge in [0, 0.05) is 18.1 Å². The molecule has 2 rings (SSSR count). The number of aromatic nitrogens is 1. The predicted molar refractivity (Wildman–Crippen MR) is 79.3 cm³/mol. The molecule has 1 aliphatic rings. The van der Waals surface area contributed by atoms with Gasteiger partial charge >= 0.3 is 7.12 Å². The summed E-state index contributed by atoms with van der Waals surface area (Å²) in [6.45, 7) is 11.9. The van der Waals surface area contributed by atoms with E-state index in [1.165, 1.54) is 0 Å². The number of rotatable bonds is 3. The largest absolute Gasteiger partial charge is 0.496 e. The predicted octanol–water partition coefficient (Wildman–Crippen LogP) is 2.28. The van der Waals surface area contributed by atoms with Crippen molar-refractivity contribution in [1.82, 2.24) is 4.98 Å². The highest BCUT2D eigenvalue weighted by atomic mass is 16.7. The summed E-state index contributed by atoms with van der Waals surface area (Å²) in [5.41, 5.74) is 1.61. The van der Waals surface area contributed by atoms with Gasteiger partial charge in [-0.3, -0.25) is 9.78 Å². The van der Waals surface area contributed by atoms with Crippen LogP contribution in [0.15, 0.2) is 12.3 Å². The molecule has 0 aliphatic carbocycles.